The highest BCUT2D eigenvalue weighted by atomic mass is 32.2. The minimum atomic E-state index is -4.64. The lowest BCUT2D eigenvalue weighted by molar-refractivity contribution is -0.138. The summed E-state index contributed by atoms with van der Waals surface area (Å²) in [6.07, 6.45) is -4.08. The van der Waals surface area contributed by atoms with Gasteiger partial charge >= 0.3 is 6.18 Å². The highest BCUT2D eigenvalue weighted by Crippen LogP contribution is 2.27. The number of alkyl halides is 3. The Balaban J connectivity index is 1.82. The van der Waals surface area contributed by atoms with Crippen molar-refractivity contribution < 1.29 is 26.4 Å². The van der Waals surface area contributed by atoms with Crippen LogP contribution in [0.5, 0.6) is 0 Å². The molecular formula is C17H18F3N3O4S. The van der Waals surface area contributed by atoms with Gasteiger partial charge in [-0.3, -0.25) is 9.59 Å². The molecule has 7 nitrogen and oxygen atoms in total. The van der Waals surface area contributed by atoms with Gasteiger partial charge in [0.15, 0.2) is 0 Å². The minimum absolute atomic E-state index is 0.0828. The van der Waals surface area contributed by atoms with E-state index in [4.69, 9.17) is 0 Å². The topological polar surface area (TPSA) is 97.3 Å². The molecule has 0 fully saturated rings. The van der Waals surface area contributed by atoms with E-state index < -0.39 is 39.8 Å². The van der Waals surface area contributed by atoms with Gasteiger partial charge in [-0.05, 0) is 11.6 Å². The number of sulfonamides is 1. The molecule has 2 rings (SSSR count). The minimum Gasteiger partial charge on any atom is -0.353 e. The van der Waals surface area contributed by atoms with Crippen LogP contribution >= 0.6 is 0 Å². The third-order valence-corrected chi connectivity index (χ3v) is 4.95. The Morgan fingerprint density at radius 3 is 2.36 bits per heavy atom. The van der Waals surface area contributed by atoms with E-state index in [2.05, 4.69) is 10.0 Å². The van der Waals surface area contributed by atoms with Crippen molar-refractivity contribution >= 4 is 15.9 Å². The lowest BCUT2D eigenvalue weighted by Gasteiger charge is -2.11. The summed E-state index contributed by atoms with van der Waals surface area (Å²) in [6.45, 7) is -0.793. The van der Waals surface area contributed by atoms with Gasteiger partial charge in [-0.1, -0.05) is 30.3 Å². The summed E-state index contributed by atoms with van der Waals surface area (Å²) in [5.74, 6) is -0.940. The Hall–Kier alpha value is -2.66. The summed E-state index contributed by atoms with van der Waals surface area (Å²) in [4.78, 5) is 23.4. The van der Waals surface area contributed by atoms with Crippen molar-refractivity contribution in [2.45, 2.75) is 18.5 Å². The maximum absolute atomic E-state index is 12.7. The fourth-order valence-electron chi connectivity index (χ4n) is 2.29. The van der Waals surface area contributed by atoms with Crippen molar-refractivity contribution in [2.24, 2.45) is 0 Å². The molecule has 1 aromatic carbocycles. The Kier molecular flexibility index (Phi) is 6.97. The maximum Gasteiger partial charge on any atom is 0.417 e. The van der Waals surface area contributed by atoms with Gasteiger partial charge in [0.1, 0.15) is 6.54 Å². The average Bonchev–Trinajstić information content (AvgIpc) is 2.60. The highest BCUT2D eigenvalue weighted by Gasteiger charge is 2.31. The molecule has 0 radical (unpaired) electrons. The van der Waals surface area contributed by atoms with E-state index in [9.17, 15) is 31.2 Å². The van der Waals surface area contributed by atoms with Crippen LogP contribution in [0, 0.1) is 0 Å². The van der Waals surface area contributed by atoms with Gasteiger partial charge in [-0.2, -0.15) is 13.2 Å². The van der Waals surface area contributed by atoms with Crippen LogP contribution < -0.4 is 15.6 Å². The average molecular weight is 417 g/mol. The smallest absolute Gasteiger partial charge is 0.353 e. The van der Waals surface area contributed by atoms with Crippen molar-refractivity contribution in [3.8, 4) is 0 Å². The van der Waals surface area contributed by atoms with Gasteiger partial charge in [-0.15, -0.1) is 0 Å². The molecule has 11 heteroatoms. The van der Waals surface area contributed by atoms with Crippen LogP contribution in [0.3, 0.4) is 0 Å². The van der Waals surface area contributed by atoms with Crippen LogP contribution in [0.25, 0.3) is 0 Å². The summed E-state index contributed by atoms with van der Waals surface area (Å²) in [5.41, 5.74) is -1.21. The Labute approximate surface area is 159 Å². The Morgan fingerprint density at radius 2 is 1.71 bits per heavy atom. The molecule has 0 atom stereocenters. The molecule has 0 saturated heterocycles. The van der Waals surface area contributed by atoms with E-state index in [0.717, 1.165) is 6.07 Å². The van der Waals surface area contributed by atoms with Gasteiger partial charge in [-0.25, -0.2) is 13.1 Å². The normalized spacial score (nSPS) is 12.0. The van der Waals surface area contributed by atoms with Crippen LogP contribution in [-0.2, 0) is 33.3 Å². The van der Waals surface area contributed by atoms with Crippen LogP contribution in [0.2, 0.25) is 0 Å². The zero-order chi connectivity index (χ0) is 20.8. The summed E-state index contributed by atoms with van der Waals surface area (Å²) in [6, 6.07) is 9.87. The lowest BCUT2D eigenvalue weighted by Crippen LogP contribution is -2.38. The molecule has 2 aromatic rings. The number of carbonyl (C=O) groups is 1. The summed E-state index contributed by atoms with van der Waals surface area (Å²) in [5, 5.41) is 2.35. The molecule has 0 saturated carbocycles. The van der Waals surface area contributed by atoms with E-state index >= 15 is 0 Å². The summed E-state index contributed by atoms with van der Waals surface area (Å²) < 4.78 is 64.8. The number of nitrogens with one attached hydrogen (secondary N) is 2. The molecule has 1 amide bonds. The van der Waals surface area contributed by atoms with Crippen molar-refractivity contribution in [1.82, 2.24) is 14.6 Å². The third kappa shape index (κ3) is 6.82. The first-order valence-electron chi connectivity index (χ1n) is 8.12. The number of hydrogen-bond acceptors (Lipinski definition) is 4. The van der Waals surface area contributed by atoms with E-state index in [0.29, 0.717) is 22.4 Å². The largest absolute Gasteiger partial charge is 0.417 e. The number of amides is 1. The molecule has 0 spiro atoms. The fourth-order valence-corrected chi connectivity index (χ4v) is 3.43. The van der Waals surface area contributed by atoms with E-state index in [-0.39, 0.29) is 18.8 Å². The van der Waals surface area contributed by atoms with Gasteiger partial charge < -0.3 is 9.88 Å². The Morgan fingerprint density at radius 1 is 1.04 bits per heavy atom. The molecule has 0 aliphatic rings. The van der Waals surface area contributed by atoms with Crippen LogP contribution in [0.4, 0.5) is 13.2 Å². The lowest BCUT2D eigenvalue weighted by atomic mass is 10.2. The molecule has 0 bridgehead atoms. The molecule has 152 valence electrons. The van der Waals surface area contributed by atoms with Gasteiger partial charge in [0.05, 0.1) is 11.3 Å². The van der Waals surface area contributed by atoms with E-state index in [1.807, 2.05) is 0 Å². The first-order chi connectivity index (χ1) is 13.1. The van der Waals surface area contributed by atoms with Crippen molar-refractivity contribution in [1.29, 1.82) is 0 Å². The zero-order valence-corrected chi connectivity index (χ0v) is 15.4. The quantitative estimate of drug-likeness (QED) is 0.629. The first-order valence-corrected chi connectivity index (χ1v) is 9.78. The van der Waals surface area contributed by atoms with Crippen molar-refractivity contribution in [3.05, 3.63) is 70.1 Å². The van der Waals surface area contributed by atoms with Crippen LogP contribution in [-0.4, -0.2) is 32.0 Å². The molecule has 0 aliphatic carbocycles. The molecule has 2 N–H and O–H groups in total. The predicted molar refractivity (Wildman–Crippen MR) is 95.8 cm³/mol. The maximum atomic E-state index is 12.7. The second-order valence-electron chi connectivity index (χ2n) is 5.87. The van der Waals surface area contributed by atoms with Crippen LogP contribution in [0.15, 0.2) is 53.5 Å². The first kappa shape index (κ1) is 21.6. The SMILES string of the molecule is O=C(Cn1cc(C(F)(F)F)ccc1=O)NCCNS(=O)(=O)Cc1ccccc1. The Bertz CT molecular complexity index is 973. The van der Waals surface area contributed by atoms with Crippen molar-refractivity contribution in [2.75, 3.05) is 13.1 Å². The molecule has 1 aromatic heterocycles. The second kappa shape index (κ2) is 9.02. The monoisotopic (exact) mass is 417 g/mol. The van der Waals surface area contributed by atoms with E-state index in [1.165, 1.54) is 0 Å². The number of halogens is 3. The number of rotatable bonds is 8. The second-order valence-corrected chi connectivity index (χ2v) is 7.68. The zero-order valence-electron chi connectivity index (χ0n) is 14.6. The number of aromatic nitrogens is 1. The number of hydrogen-bond donors (Lipinski definition) is 2. The summed E-state index contributed by atoms with van der Waals surface area (Å²) in [7, 11) is -3.60. The van der Waals surface area contributed by atoms with Crippen molar-refractivity contribution in [3.63, 3.8) is 0 Å². The molecule has 28 heavy (non-hydrogen) atoms. The predicted octanol–water partition coefficient (Wildman–Crippen LogP) is 1.10. The fraction of sp³-hybridized carbons (Fsp3) is 0.294. The highest BCUT2D eigenvalue weighted by molar-refractivity contribution is 7.88. The third-order valence-electron chi connectivity index (χ3n) is 3.59. The van der Waals surface area contributed by atoms with Gasteiger partial charge in [0.2, 0.25) is 15.9 Å². The number of carbonyl (C=O) groups excluding carboxylic acids is 1. The van der Waals surface area contributed by atoms with E-state index in [1.54, 1.807) is 30.3 Å². The van der Waals surface area contributed by atoms with Gasteiger partial charge in [0.25, 0.3) is 5.56 Å². The molecule has 0 aliphatic heterocycles. The number of pyridine rings is 1. The van der Waals surface area contributed by atoms with Crippen LogP contribution in [0.1, 0.15) is 11.1 Å². The summed E-state index contributed by atoms with van der Waals surface area (Å²) >= 11 is 0. The number of benzene rings is 1. The molecule has 1 heterocycles. The number of nitrogens with zero attached hydrogens (tertiary/aromatic N) is 1. The standard InChI is InChI=1S/C17H18F3N3O4S/c18-17(19,20)14-6-7-16(25)23(10-14)11-15(24)21-8-9-22-28(26,27)12-13-4-2-1-3-5-13/h1-7,10,22H,8-9,11-12H2,(H,21,24). The molecular weight excluding hydrogens is 399 g/mol. The molecule has 0 unspecified atom stereocenters. The van der Waals surface area contributed by atoms with Gasteiger partial charge in [0, 0.05) is 25.4 Å².